The second-order valence-corrected chi connectivity index (χ2v) is 15.5. The number of esters is 1. The molecular weight excluding hydrogens is 653 g/mol. The predicted molar refractivity (Wildman–Crippen MR) is 233 cm³/mol. The average Bonchev–Trinajstić information content (AvgIpc) is 3.16. The van der Waals surface area contributed by atoms with Crippen molar-refractivity contribution in [2.24, 2.45) is 0 Å². The Kier molecular flexibility index (Phi) is 45.1. The number of hydrogen-bond donors (Lipinski definition) is 1. The summed E-state index contributed by atoms with van der Waals surface area (Å²) in [4.78, 5) is 12.2. The van der Waals surface area contributed by atoms with Gasteiger partial charge in [0.25, 0.3) is 0 Å². The van der Waals surface area contributed by atoms with Gasteiger partial charge in [-0.1, -0.05) is 197 Å². The zero-order valence-corrected chi connectivity index (χ0v) is 35.5. The molecule has 0 saturated heterocycles. The number of carbonyl (C=O) groups is 1. The van der Waals surface area contributed by atoms with Crippen LogP contribution in [0.25, 0.3) is 0 Å². The van der Waals surface area contributed by atoms with Crippen molar-refractivity contribution in [1.82, 2.24) is 0 Å². The summed E-state index contributed by atoms with van der Waals surface area (Å²) in [5.41, 5.74) is 0. The zero-order valence-electron chi connectivity index (χ0n) is 35.5. The Morgan fingerprint density at radius 2 is 0.792 bits per heavy atom. The fourth-order valence-electron chi connectivity index (χ4n) is 6.62. The third kappa shape index (κ3) is 44.6. The second kappa shape index (κ2) is 46.5. The first-order valence-electron chi connectivity index (χ1n) is 23.2. The Hall–Kier alpha value is -1.65. The van der Waals surface area contributed by atoms with E-state index in [-0.39, 0.29) is 12.6 Å². The highest BCUT2D eigenvalue weighted by atomic mass is 16.6. The van der Waals surface area contributed by atoms with Gasteiger partial charge in [0, 0.05) is 13.0 Å². The van der Waals surface area contributed by atoms with Crippen LogP contribution >= 0.6 is 0 Å². The van der Waals surface area contributed by atoms with Crippen LogP contribution in [0.1, 0.15) is 232 Å². The lowest BCUT2D eigenvalue weighted by Gasteiger charge is -2.15. The molecule has 1 N–H and O–H groups in total. The van der Waals surface area contributed by atoms with Gasteiger partial charge in [0.05, 0.1) is 13.2 Å². The van der Waals surface area contributed by atoms with Crippen molar-refractivity contribution in [2.75, 3.05) is 19.8 Å². The maximum absolute atomic E-state index is 12.2. The van der Waals surface area contributed by atoms with E-state index in [9.17, 15) is 9.90 Å². The van der Waals surface area contributed by atoms with Gasteiger partial charge in [-0.2, -0.15) is 0 Å². The van der Waals surface area contributed by atoms with Gasteiger partial charge in [-0.3, -0.25) is 4.79 Å². The summed E-state index contributed by atoms with van der Waals surface area (Å²) in [6, 6.07) is 0. The number of hydrogen-bond acceptors (Lipinski definition) is 4. The van der Waals surface area contributed by atoms with E-state index < -0.39 is 6.10 Å². The molecule has 53 heavy (non-hydrogen) atoms. The standard InChI is InChI=1S/C49H90O4/c1-3-5-7-9-11-13-15-17-19-21-23-24-25-27-29-31-33-35-37-39-41-43-45-52-47-48(46-50)53-49(51)44-42-40-38-36-34-32-30-28-26-22-20-18-16-14-12-10-8-6-4-2/h12,14,18,20-21,23,26,28,48,50H,3-11,13,15-17,19,22,24-25,27,29-47H2,1-2H3/b14-12-,20-18-,23-21-,28-26-. The Morgan fingerprint density at radius 1 is 0.453 bits per heavy atom. The zero-order chi connectivity index (χ0) is 38.4. The van der Waals surface area contributed by atoms with Gasteiger partial charge < -0.3 is 14.6 Å². The van der Waals surface area contributed by atoms with Crippen molar-refractivity contribution in [2.45, 2.75) is 238 Å². The first-order valence-corrected chi connectivity index (χ1v) is 23.2. The predicted octanol–water partition coefficient (Wildman–Crippen LogP) is 15.4. The summed E-state index contributed by atoms with van der Waals surface area (Å²) in [6.07, 6.45) is 60.4. The van der Waals surface area contributed by atoms with Crippen LogP contribution in [0.15, 0.2) is 48.6 Å². The molecule has 0 aromatic carbocycles. The molecule has 1 unspecified atom stereocenters. The minimum atomic E-state index is -0.543. The van der Waals surface area contributed by atoms with E-state index in [1.54, 1.807) is 0 Å². The lowest BCUT2D eigenvalue weighted by Crippen LogP contribution is -2.27. The maximum atomic E-state index is 12.2. The van der Waals surface area contributed by atoms with Crippen LogP contribution in [0.5, 0.6) is 0 Å². The molecule has 0 fully saturated rings. The SMILES string of the molecule is CCCCC/C=C\C/C=C\C/C=C\CCCCCCCCC(=O)OC(CO)COCCCCCCCCCCCC/C=C\CCCCCCCCCC. The van der Waals surface area contributed by atoms with Gasteiger partial charge in [0.2, 0.25) is 0 Å². The Balaban J connectivity index is 3.44. The van der Waals surface area contributed by atoms with Crippen molar-refractivity contribution >= 4 is 5.97 Å². The largest absolute Gasteiger partial charge is 0.457 e. The van der Waals surface area contributed by atoms with Gasteiger partial charge in [-0.15, -0.1) is 0 Å². The van der Waals surface area contributed by atoms with Crippen LogP contribution in [-0.4, -0.2) is 37.0 Å². The summed E-state index contributed by atoms with van der Waals surface area (Å²) < 4.78 is 11.2. The Labute approximate surface area is 331 Å². The summed E-state index contributed by atoms with van der Waals surface area (Å²) >= 11 is 0. The molecule has 4 nitrogen and oxygen atoms in total. The second-order valence-electron chi connectivity index (χ2n) is 15.5. The molecule has 0 saturated carbocycles. The van der Waals surface area contributed by atoms with E-state index in [0.717, 1.165) is 44.9 Å². The molecule has 0 radical (unpaired) electrons. The van der Waals surface area contributed by atoms with Gasteiger partial charge in [0.15, 0.2) is 0 Å². The molecule has 310 valence electrons. The van der Waals surface area contributed by atoms with Crippen molar-refractivity contribution in [3.8, 4) is 0 Å². The molecule has 0 aromatic rings. The number of carbonyl (C=O) groups excluding carboxylic acids is 1. The molecule has 0 rings (SSSR count). The van der Waals surface area contributed by atoms with E-state index in [4.69, 9.17) is 9.47 Å². The number of rotatable bonds is 43. The molecule has 0 heterocycles. The number of aliphatic hydroxyl groups excluding tert-OH is 1. The first kappa shape index (κ1) is 51.4. The summed E-state index contributed by atoms with van der Waals surface area (Å²) in [7, 11) is 0. The Morgan fingerprint density at radius 3 is 1.25 bits per heavy atom. The van der Waals surface area contributed by atoms with Crippen LogP contribution in [0.2, 0.25) is 0 Å². The third-order valence-corrected chi connectivity index (χ3v) is 10.1. The smallest absolute Gasteiger partial charge is 0.306 e. The third-order valence-electron chi connectivity index (χ3n) is 10.1. The van der Waals surface area contributed by atoms with Crippen molar-refractivity contribution < 1.29 is 19.4 Å². The average molecular weight is 743 g/mol. The topological polar surface area (TPSA) is 55.8 Å². The van der Waals surface area contributed by atoms with Crippen LogP contribution in [0.3, 0.4) is 0 Å². The van der Waals surface area contributed by atoms with Crippen molar-refractivity contribution in [1.29, 1.82) is 0 Å². The molecule has 0 aliphatic rings. The molecule has 0 aliphatic carbocycles. The Bertz CT molecular complexity index is 828. The quantitative estimate of drug-likeness (QED) is 0.0384. The first-order chi connectivity index (χ1) is 26.2. The molecular formula is C49H90O4. The van der Waals surface area contributed by atoms with Crippen molar-refractivity contribution in [3.05, 3.63) is 48.6 Å². The summed E-state index contributed by atoms with van der Waals surface area (Å²) in [5.74, 6) is -0.212. The van der Waals surface area contributed by atoms with Gasteiger partial charge in [-0.25, -0.2) is 0 Å². The van der Waals surface area contributed by atoms with Gasteiger partial charge in [-0.05, 0) is 77.0 Å². The lowest BCUT2D eigenvalue weighted by molar-refractivity contribution is -0.154. The van der Waals surface area contributed by atoms with E-state index in [2.05, 4.69) is 62.5 Å². The molecule has 0 aromatic heterocycles. The lowest BCUT2D eigenvalue weighted by atomic mass is 10.1. The fraction of sp³-hybridized carbons (Fsp3) is 0.816. The minimum absolute atomic E-state index is 0.178. The molecule has 0 bridgehead atoms. The number of ether oxygens (including phenoxy) is 2. The van der Waals surface area contributed by atoms with Gasteiger partial charge in [0.1, 0.15) is 6.10 Å². The maximum Gasteiger partial charge on any atom is 0.306 e. The number of unbranched alkanes of at least 4 members (excludes halogenated alkanes) is 27. The minimum Gasteiger partial charge on any atom is -0.457 e. The molecule has 0 spiro atoms. The number of aliphatic hydroxyl groups is 1. The molecule has 0 aliphatic heterocycles. The number of allylic oxidation sites excluding steroid dienone is 8. The summed E-state index contributed by atoms with van der Waals surface area (Å²) in [6.45, 7) is 5.32. The molecule has 4 heteroatoms. The van der Waals surface area contributed by atoms with Crippen LogP contribution in [-0.2, 0) is 14.3 Å². The van der Waals surface area contributed by atoms with Crippen LogP contribution in [0, 0.1) is 0 Å². The van der Waals surface area contributed by atoms with E-state index in [0.29, 0.717) is 19.6 Å². The van der Waals surface area contributed by atoms with Gasteiger partial charge >= 0.3 is 5.97 Å². The van der Waals surface area contributed by atoms with E-state index in [1.807, 2.05) is 0 Å². The molecule has 1 atom stereocenters. The van der Waals surface area contributed by atoms with Crippen molar-refractivity contribution in [3.63, 3.8) is 0 Å². The molecule has 0 amide bonds. The normalized spacial score (nSPS) is 12.7. The van der Waals surface area contributed by atoms with Crippen LogP contribution in [0.4, 0.5) is 0 Å². The highest BCUT2D eigenvalue weighted by molar-refractivity contribution is 5.69. The summed E-state index contributed by atoms with van der Waals surface area (Å²) in [5, 5.41) is 9.62. The highest BCUT2D eigenvalue weighted by Crippen LogP contribution is 2.14. The monoisotopic (exact) mass is 743 g/mol. The fourth-order valence-corrected chi connectivity index (χ4v) is 6.62. The van der Waals surface area contributed by atoms with Crippen LogP contribution < -0.4 is 0 Å². The van der Waals surface area contributed by atoms with E-state index >= 15 is 0 Å². The highest BCUT2D eigenvalue weighted by Gasteiger charge is 2.13. The van der Waals surface area contributed by atoms with E-state index in [1.165, 1.54) is 167 Å².